The molecule has 2 aromatic rings. The van der Waals surface area contributed by atoms with E-state index < -0.39 is 0 Å². The summed E-state index contributed by atoms with van der Waals surface area (Å²) in [6, 6.07) is 9.77. The summed E-state index contributed by atoms with van der Waals surface area (Å²) in [5, 5.41) is 4.56. The normalized spacial score (nSPS) is 11.9. The van der Waals surface area contributed by atoms with E-state index in [9.17, 15) is 0 Å². The van der Waals surface area contributed by atoms with Crippen molar-refractivity contribution in [2.75, 3.05) is 0 Å². The summed E-state index contributed by atoms with van der Waals surface area (Å²) in [4.78, 5) is 4.37. The van der Waals surface area contributed by atoms with Gasteiger partial charge in [0.15, 0.2) is 5.84 Å². The molecule has 15 heavy (non-hydrogen) atoms. The summed E-state index contributed by atoms with van der Waals surface area (Å²) in [7, 11) is 0. The Bertz CT molecular complexity index is 531. The van der Waals surface area contributed by atoms with E-state index in [1.807, 2.05) is 37.3 Å². The topological polar surface area (TPSA) is 77.3 Å². The lowest BCUT2D eigenvalue weighted by atomic mass is 10.1. The number of para-hydroxylation sites is 1. The zero-order valence-corrected chi connectivity index (χ0v) is 8.44. The Morgan fingerprint density at radius 1 is 1.33 bits per heavy atom. The van der Waals surface area contributed by atoms with E-state index in [0.717, 1.165) is 16.5 Å². The first kappa shape index (κ1) is 9.45. The van der Waals surface area contributed by atoms with Crippen molar-refractivity contribution < 1.29 is 0 Å². The second-order valence-electron chi connectivity index (χ2n) is 3.36. The lowest BCUT2D eigenvalue weighted by Crippen LogP contribution is -2.17. The number of rotatable bonds is 1. The van der Waals surface area contributed by atoms with Gasteiger partial charge < -0.3 is 11.6 Å². The van der Waals surface area contributed by atoms with Gasteiger partial charge in [0.2, 0.25) is 0 Å². The molecule has 1 aromatic carbocycles. The fourth-order valence-electron chi connectivity index (χ4n) is 1.55. The minimum absolute atomic E-state index is 0.254. The van der Waals surface area contributed by atoms with Crippen LogP contribution in [0.4, 0.5) is 0 Å². The van der Waals surface area contributed by atoms with Crippen LogP contribution in [0.3, 0.4) is 0 Å². The van der Waals surface area contributed by atoms with Gasteiger partial charge in [-0.2, -0.15) is 5.10 Å². The van der Waals surface area contributed by atoms with Gasteiger partial charge in [-0.25, -0.2) is 4.98 Å². The van der Waals surface area contributed by atoms with Crippen molar-refractivity contribution in [3.05, 3.63) is 41.6 Å². The van der Waals surface area contributed by atoms with Gasteiger partial charge in [0, 0.05) is 5.39 Å². The standard InChI is InChI=1S/C11H12N4/c1-7-6-10(11(12)15-13)14-9-5-3-2-4-8(7)9/h2-6H,13H2,1H3,(H2,12,15). The monoisotopic (exact) mass is 200 g/mol. The van der Waals surface area contributed by atoms with E-state index in [0.29, 0.717) is 5.69 Å². The van der Waals surface area contributed by atoms with Gasteiger partial charge >= 0.3 is 0 Å². The smallest absolute Gasteiger partial charge is 0.168 e. The van der Waals surface area contributed by atoms with E-state index in [1.54, 1.807) is 0 Å². The summed E-state index contributed by atoms with van der Waals surface area (Å²) >= 11 is 0. The molecule has 1 aromatic heterocycles. The summed E-state index contributed by atoms with van der Waals surface area (Å²) < 4.78 is 0. The summed E-state index contributed by atoms with van der Waals surface area (Å²) in [5.74, 6) is 5.37. The maximum atomic E-state index is 5.62. The molecule has 0 fully saturated rings. The van der Waals surface area contributed by atoms with Gasteiger partial charge in [-0.3, -0.25) is 0 Å². The first-order valence-corrected chi connectivity index (χ1v) is 4.62. The molecule has 0 atom stereocenters. The molecule has 0 radical (unpaired) electrons. The molecule has 0 saturated carbocycles. The zero-order valence-electron chi connectivity index (χ0n) is 8.44. The van der Waals surface area contributed by atoms with Crippen LogP contribution in [0.2, 0.25) is 0 Å². The van der Waals surface area contributed by atoms with Crippen molar-refractivity contribution in [2.45, 2.75) is 6.92 Å². The number of nitrogens with zero attached hydrogens (tertiary/aromatic N) is 2. The van der Waals surface area contributed by atoms with Crippen molar-refractivity contribution in [1.29, 1.82) is 0 Å². The lowest BCUT2D eigenvalue weighted by Gasteiger charge is -2.04. The first-order valence-electron chi connectivity index (χ1n) is 4.62. The van der Waals surface area contributed by atoms with Gasteiger partial charge in [-0.05, 0) is 24.6 Å². The highest BCUT2D eigenvalue weighted by molar-refractivity contribution is 5.98. The maximum Gasteiger partial charge on any atom is 0.168 e. The van der Waals surface area contributed by atoms with Gasteiger partial charge in [0.05, 0.1) is 5.52 Å². The number of fused-ring (bicyclic) bond motifs is 1. The molecule has 4 N–H and O–H groups in total. The number of benzene rings is 1. The van der Waals surface area contributed by atoms with E-state index >= 15 is 0 Å². The number of amidine groups is 1. The predicted octanol–water partition coefficient (Wildman–Crippen LogP) is 1.12. The van der Waals surface area contributed by atoms with E-state index in [-0.39, 0.29) is 5.84 Å². The molecule has 0 saturated heterocycles. The maximum absolute atomic E-state index is 5.62. The van der Waals surface area contributed by atoms with Crippen molar-refractivity contribution >= 4 is 16.7 Å². The van der Waals surface area contributed by atoms with Crippen LogP contribution in [0.5, 0.6) is 0 Å². The highest BCUT2D eigenvalue weighted by Gasteiger charge is 2.04. The number of aromatic nitrogens is 1. The van der Waals surface area contributed by atoms with Gasteiger partial charge in [-0.1, -0.05) is 18.2 Å². The Morgan fingerprint density at radius 3 is 2.80 bits per heavy atom. The molecule has 4 nitrogen and oxygen atoms in total. The number of aryl methyl sites for hydroxylation is 1. The number of hydrogen-bond acceptors (Lipinski definition) is 3. The van der Waals surface area contributed by atoms with E-state index in [4.69, 9.17) is 11.6 Å². The van der Waals surface area contributed by atoms with Crippen LogP contribution in [0.15, 0.2) is 35.4 Å². The lowest BCUT2D eigenvalue weighted by molar-refractivity contribution is 1.20. The molecule has 76 valence electrons. The molecule has 4 heteroatoms. The van der Waals surface area contributed by atoms with Crippen molar-refractivity contribution in [3.63, 3.8) is 0 Å². The molecular weight excluding hydrogens is 188 g/mol. The second-order valence-corrected chi connectivity index (χ2v) is 3.36. The van der Waals surface area contributed by atoms with Crippen LogP contribution >= 0.6 is 0 Å². The molecule has 0 aliphatic heterocycles. The molecule has 0 aliphatic rings. The Hall–Kier alpha value is -2.10. The highest BCUT2D eigenvalue weighted by Crippen LogP contribution is 2.16. The van der Waals surface area contributed by atoms with Crippen LogP contribution in [0, 0.1) is 6.92 Å². The van der Waals surface area contributed by atoms with Gasteiger partial charge in [-0.15, -0.1) is 0 Å². The highest BCUT2D eigenvalue weighted by atomic mass is 15.2. The number of pyridine rings is 1. The third-order valence-electron chi connectivity index (χ3n) is 2.32. The molecule has 2 rings (SSSR count). The Morgan fingerprint density at radius 2 is 2.07 bits per heavy atom. The fourth-order valence-corrected chi connectivity index (χ4v) is 1.55. The molecule has 0 bridgehead atoms. The zero-order chi connectivity index (χ0) is 10.8. The van der Waals surface area contributed by atoms with E-state index in [2.05, 4.69) is 10.1 Å². The molecule has 0 spiro atoms. The Kier molecular flexibility index (Phi) is 2.25. The van der Waals surface area contributed by atoms with Crippen molar-refractivity contribution in [3.8, 4) is 0 Å². The third-order valence-corrected chi connectivity index (χ3v) is 2.32. The summed E-state index contributed by atoms with van der Waals surface area (Å²) in [5.41, 5.74) is 8.25. The second kappa shape index (κ2) is 3.57. The minimum Gasteiger partial charge on any atom is -0.380 e. The molecule has 0 unspecified atom stereocenters. The van der Waals surface area contributed by atoms with Crippen LogP contribution in [-0.4, -0.2) is 10.8 Å². The number of hydrazone groups is 1. The molecular formula is C11H12N4. The van der Waals surface area contributed by atoms with Crippen LogP contribution in [-0.2, 0) is 0 Å². The molecule has 1 heterocycles. The van der Waals surface area contributed by atoms with Crippen LogP contribution in [0.25, 0.3) is 10.9 Å². The van der Waals surface area contributed by atoms with Crippen molar-refractivity contribution in [2.24, 2.45) is 16.7 Å². The van der Waals surface area contributed by atoms with Gasteiger partial charge in [0.1, 0.15) is 5.69 Å². The predicted molar refractivity (Wildman–Crippen MR) is 61.4 cm³/mol. The summed E-state index contributed by atoms with van der Waals surface area (Å²) in [6.45, 7) is 2.01. The average molecular weight is 200 g/mol. The molecule has 0 amide bonds. The third kappa shape index (κ3) is 1.61. The quantitative estimate of drug-likeness (QED) is 0.313. The number of nitrogens with two attached hydrogens (primary N) is 2. The SMILES string of the molecule is Cc1cc(/C(N)=N/N)nc2ccccc12. The summed E-state index contributed by atoms with van der Waals surface area (Å²) in [6.07, 6.45) is 0. The molecule has 0 aliphatic carbocycles. The average Bonchev–Trinajstić information content (AvgIpc) is 2.28. The Balaban J connectivity index is 2.73. The van der Waals surface area contributed by atoms with Crippen LogP contribution < -0.4 is 11.6 Å². The number of hydrogen-bond donors (Lipinski definition) is 2. The largest absolute Gasteiger partial charge is 0.380 e. The first-order chi connectivity index (χ1) is 7.22. The Labute approximate surface area is 87.6 Å². The van der Waals surface area contributed by atoms with E-state index in [1.165, 1.54) is 0 Å². The van der Waals surface area contributed by atoms with Gasteiger partial charge in [0.25, 0.3) is 0 Å². The fraction of sp³-hybridized carbons (Fsp3) is 0.0909. The van der Waals surface area contributed by atoms with Crippen molar-refractivity contribution in [1.82, 2.24) is 4.98 Å². The van der Waals surface area contributed by atoms with Crippen LogP contribution in [0.1, 0.15) is 11.3 Å². The minimum atomic E-state index is 0.254.